The summed E-state index contributed by atoms with van der Waals surface area (Å²) >= 11 is 0. The van der Waals surface area contributed by atoms with E-state index in [2.05, 4.69) is 13.8 Å². The van der Waals surface area contributed by atoms with Gasteiger partial charge in [0.1, 0.15) is 0 Å². The number of esters is 1. The van der Waals surface area contributed by atoms with Crippen molar-refractivity contribution < 1.29 is 19.2 Å². The van der Waals surface area contributed by atoms with E-state index in [0.29, 0.717) is 29.0 Å². The first-order valence-electron chi connectivity index (χ1n) is 12.4. The van der Waals surface area contributed by atoms with E-state index < -0.39 is 4.92 Å². The molecule has 7 nitrogen and oxygen atoms in total. The van der Waals surface area contributed by atoms with Gasteiger partial charge in [-0.15, -0.1) is 0 Å². The molecule has 0 aliphatic heterocycles. The van der Waals surface area contributed by atoms with Gasteiger partial charge in [0.2, 0.25) is 0 Å². The summed E-state index contributed by atoms with van der Waals surface area (Å²) in [7, 11) is 0. The Hall–Kier alpha value is -3.09. The van der Waals surface area contributed by atoms with Crippen LogP contribution in [0.1, 0.15) is 88.9 Å². The van der Waals surface area contributed by atoms with Gasteiger partial charge in [0.25, 0.3) is 0 Å². The van der Waals surface area contributed by atoms with Crippen LogP contribution in [-0.4, -0.2) is 23.6 Å². The molecule has 0 aliphatic carbocycles. The number of nitrogens with two attached hydrogens (primary N) is 1. The summed E-state index contributed by atoms with van der Waals surface area (Å²) in [5, 5.41) is 11.7. The highest BCUT2D eigenvalue weighted by molar-refractivity contribution is 5.90. The normalized spacial score (nSPS) is 11.7. The van der Waals surface area contributed by atoms with E-state index in [1.165, 1.54) is 18.6 Å². The van der Waals surface area contributed by atoms with Gasteiger partial charge < -0.3 is 15.2 Å². The quantitative estimate of drug-likeness (QED) is 0.0961. The van der Waals surface area contributed by atoms with Gasteiger partial charge in [-0.3, -0.25) is 10.1 Å². The van der Waals surface area contributed by atoms with Gasteiger partial charge >= 0.3 is 11.7 Å². The number of hydrogen-bond donors (Lipinski definition) is 1. The van der Waals surface area contributed by atoms with Crippen molar-refractivity contribution in [2.45, 2.75) is 84.7 Å². The number of unbranched alkanes of at least 4 members (excludes halogenated alkanes) is 6. The molecular weight excluding hydrogens is 432 g/mol. The molecule has 0 fully saturated rings. The fourth-order valence-electron chi connectivity index (χ4n) is 3.77. The molecule has 0 saturated heterocycles. The fourth-order valence-corrected chi connectivity index (χ4v) is 3.77. The number of nitro groups is 1. The lowest BCUT2D eigenvalue weighted by molar-refractivity contribution is -0.386. The lowest BCUT2D eigenvalue weighted by Gasteiger charge is -2.16. The largest absolute Gasteiger partial charge is 0.484 e. The van der Waals surface area contributed by atoms with Crippen LogP contribution >= 0.6 is 0 Å². The fraction of sp³-hybridized carbons (Fsp3) is 0.519. The molecule has 186 valence electrons. The highest BCUT2D eigenvalue weighted by Crippen LogP contribution is 2.38. The Kier molecular flexibility index (Phi) is 11.4. The third kappa shape index (κ3) is 8.36. The summed E-state index contributed by atoms with van der Waals surface area (Å²) in [5.74, 6) is -0.198. The van der Waals surface area contributed by atoms with E-state index in [1.807, 2.05) is 6.92 Å². The minimum Gasteiger partial charge on any atom is -0.484 e. The second-order valence-corrected chi connectivity index (χ2v) is 8.72. The molecule has 0 unspecified atom stereocenters. The van der Waals surface area contributed by atoms with Gasteiger partial charge in [-0.25, -0.2) is 4.79 Å². The van der Waals surface area contributed by atoms with Crippen LogP contribution in [-0.2, 0) is 4.74 Å². The lowest BCUT2D eigenvalue weighted by Crippen LogP contribution is -2.13. The number of hydrogen-bond acceptors (Lipinski definition) is 6. The Balaban J connectivity index is 2.11. The molecule has 0 heterocycles. The summed E-state index contributed by atoms with van der Waals surface area (Å²) in [6.45, 7) is 6.60. The van der Waals surface area contributed by atoms with Crippen LogP contribution in [0.2, 0.25) is 0 Å². The van der Waals surface area contributed by atoms with Crippen molar-refractivity contribution in [3.63, 3.8) is 0 Å². The number of carbonyl (C=O) groups excluding carboxylic acids is 1. The van der Waals surface area contributed by atoms with Gasteiger partial charge in [0, 0.05) is 23.4 Å². The molecule has 2 N–H and O–H groups in total. The van der Waals surface area contributed by atoms with Gasteiger partial charge in [0.05, 0.1) is 23.2 Å². The van der Waals surface area contributed by atoms with Crippen molar-refractivity contribution in [3.8, 4) is 16.9 Å². The summed E-state index contributed by atoms with van der Waals surface area (Å²) in [4.78, 5) is 23.5. The third-order valence-corrected chi connectivity index (χ3v) is 5.78. The molecule has 1 atom stereocenters. The zero-order valence-electron chi connectivity index (χ0n) is 20.7. The van der Waals surface area contributed by atoms with Crippen LogP contribution < -0.4 is 10.5 Å². The first kappa shape index (κ1) is 27.2. The Morgan fingerprint density at radius 2 is 1.65 bits per heavy atom. The number of anilines is 1. The molecule has 34 heavy (non-hydrogen) atoms. The Labute approximate surface area is 202 Å². The summed E-state index contributed by atoms with van der Waals surface area (Å²) in [6, 6.07) is 9.71. The molecule has 0 aliphatic rings. The van der Waals surface area contributed by atoms with Crippen molar-refractivity contribution in [1.82, 2.24) is 0 Å². The average Bonchev–Trinajstić information content (AvgIpc) is 2.81. The summed E-state index contributed by atoms with van der Waals surface area (Å²) in [5.41, 5.74) is 8.14. The lowest BCUT2D eigenvalue weighted by atomic mass is 10.0. The first-order chi connectivity index (χ1) is 16.4. The van der Waals surface area contributed by atoms with Gasteiger partial charge in [-0.2, -0.15) is 0 Å². The molecule has 7 heteroatoms. The predicted octanol–water partition coefficient (Wildman–Crippen LogP) is 7.32. The van der Waals surface area contributed by atoms with Crippen molar-refractivity contribution >= 4 is 17.3 Å². The van der Waals surface area contributed by atoms with E-state index in [9.17, 15) is 14.9 Å². The predicted molar refractivity (Wildman–Crippen MR) is 136 cm³/mol. The van der Waals surface area contributed by atoms with Gasteiger partial charge in [-0.1, -0.05) is 64.5 Å². The number of benzene rings is 2. The van der Waals surface area contributed by atoms with Gasteiger partial charge in [-0.05, 0) is 43.9 Å². The van der Waals surface area contributed by atoms with E-state index in [1.54, 1.807) is 24.3 Å². The maximum Gasteiger partial charge on any atom is 0.338 e. The average molecular weight is 471 g/mol. The number of nitro benzene ring substituents is 1. The standard InChI is InChI=1S/C27H38N2O5/c1-4-6-8-10-12-20(3)34-26-19-24(28)23(18-25(26)29(31)32)21-13-15-22(16-14-21)27(30)33-17-11-9-7-5-2/h13-16,18-20H,4-12,17,28H2,1-3H3/t20-/m0/s1. The van der Waals surface area contributed by atoms with Crippen LogP contribution in [0.3, 0.4) is 0 Å². The molecule has 0 spiro atoms. The van der Waals surface area contributed by atoms with Crippen molar-refractivity contribution in [1.29, 1.82) is 0 Å². The minimum absolute atomic E-state index is 0.125. The Morgan fingerprint density at radius 1 is 1.00 bits per heavy atom. The number of rotatable bonds is 15. The van der Waals surface area contributed by atoms with E-state index in [-0.39, 0.29) is 23.5 Å². The number of carbonyl (C=O) groups is 1. The summed E-state index contributed by atoms with van der Waals surface area (Å²) < 4.78 is 11.2. The second kappa shape index (κ2) is 14.2. The number of ether oxygens (including phenoxy) is 2. The zero-order chi connectivity index (χ0) is 24.9. The Bertz CT molecular complexity index is 927. The summed E-state index contributed by atoms with van der Waals surface area (Å²) in [6.07, 6.45) is 9.29. The van der Waals surface area contributed by atoms with Crippen molar-refractivity contribution in [2.24, 2.45) is 0 Å². The van der Waals surface area contributed by atoms with Crippen LogP contribution in [0, 0.1) is 10.1 Å². The highest BCUT2D eigenvalue weighted by Gasteiger charge is 2.21. The van der Waals surface area contributed by atoms with Crippen LogP contribution in [0.4, 0.5) is 11.4 Å². The zero-order valence-corrected chi connectivity index (χ0v) is 20.7. The first-order valence-corrected chi connectivity index (χ1v) is 12.4. The molecule has 2 aromatic carbocycles. The second-order valence-electron chi connectivity index (χ2n) is 8.72. The molecule has 0 bridgehead atoms. The molecule has 0 aromatic heterocycles. The number of nitrogens with zero attached hydrogens (tertiary/aromatic N) is 1. The molecular formula is C27H38N2O5. The van der Waals surface area contributed by atoms with Crippen LogP contribution in [0.15, 0.2) is 36.4 Å². The van der Waals surface area contributed by atoms with Crippen LogP contribution in [0.25, 0.3) is 11.1 Å². The SMILES string of the molecule is CCCCCCOC(=O)c1ccc(-c2cc([N+](=O)[O-])c(O[C@@H](C)CCCCCC)cc2N)cc1. The maximum atomic E-state index is 12.2. The smallest absolute Gasteiger partial charge is 0.338 e. The molecule has 0 saturated carbocycles. The molecule has 2 aromatic rings. The van der Waals surface area contributed by atoms with Crippen molar-refractivity contribution in [2.75, 3.05) is 12.3 Å². The van der Waals surface area contributed by atoms with Crippen LogP contribution in [0.5, 0.6) is 5.75 Å². The minimum atomic E-state index is -0.452. The third-order valence-electron chi connectivity index (χ3n) is 5.78. The van der Waals surface area contributed by atoms with Crippen molar-refractivity contribution in [3.05, 3.63) is 52.1 Å². The topological polar surface area (TPSA) is 105 Å². The maximum absolute atomic E-state index is 12.2. The molecule has 0 radical (unpaired) electrons. The van der Waals surface area contributed by atoms with E-state index >= 15 is 0 Å². The van der Waals surface area contributed by atoms with Gasteiger partial charge in [0.15, 0.2) is 5.75 Å². The monoisotopic (exact) mass is 470 g/mol. The van der Waals surface area contributed by atoms with E-state index in [0.717, 1.165) is 51.4 Å². The van der Waals surface area contributed by atoms with E-state index in [4.69, 9.17) is 15.2 Å². The number of nitrogen functional groups attached to an aromatic ring is 1. The molecule has 0 amide bonds. The highest BCUT2D eigenvalue weighted by atomic mass is 16.6. The molecule has 2 rings (SSSR count). The Morgan fingerprint density at radius 3 is 2.26 bits per heavy atom.